The molecule has 8 rings (SSSR count). The van der Waals surface area contributed by atoms with Gasteiger partial charge >= 0.3 is 0 Å². The van der Waals surface area contributed by atoms with E-state index in [0.29, 0.717) is 0 Å². The Morgan fingerprint density at radius 1 is 0.568 bits per heavy atom. The Bertz CT molecular complexity index is 2400. The molecule has 0 aliphatic rings. The molecule has 44 heavy (non-hydrogen) atoms. The molecule has 0 aliphatic carbocycles. The third-order valence-electron chi connectivity index (χ3n) is 8.81. The van der Waals surface area contributed by atoms with Crippen LogP contribution in [-0.2, 0) is 0 Å². The Hall–Kier alpha value is -5.66. The van der Waals surface area contributed by atoms with Crippen LogP contribution in [0.3, 0.4) is 0 Å². The van der Waals surface area contributed by atoms with Gasteiger partial charge in [0.05, 0.1) is 11.0 Å². The molecule has 8 aromatic rings. The maximum atomic E-state index is 4.05. The average Bonchev–Trinajstić information content (AvgIpc) is 3.39. The fraction of sp³-hybridized carbons (Fsp3) is 0.0233. The van der Waals surface area contributed by atoms with Crippen LogP contribution in [0.4, 0.5) is 0 Å². The Morgan fingerprint density at radius 2 is 1.16 bits per heavy atom. The summed E-state index contributed by atoms with van der Waals surface area (Å²) in [6, 6.07) is 48.7. The number of hydrogen-bond donors (Lipinski definition) is 0. The molecule has 0 saturated heterocycles. The molecule has 208 valence electrons. The molecule has 1 nitrogen and oxygen atoms in total. The van der Waals surface area contributed by atoms with E-state index in [9.17, 15) is 0 Å². The van der Waals surface area contributed by atoms with Crippen molar-refractivity contribution in [3.8, 4) is 22.3 Å². The van der Waals surface area contributed by atoms with Gasteiger partial charge in [0.1, 0.15) is 0 Å². The summed E-state index contributed by atoms with van der Waals surface area (Å²) in [4.78, 5) is 0. The fourth-order valence-corrected chi connectivity index (χ4v) is 7.07. The molecule has 0 radical (unpaired) electrons. The van der Waals surface area contributed by atoms with Crippen molar-refractivity contribution in [2.75, 3.05) is 0 Å². The van der Waals surface area contributed by atoms with Crippen molar-refractivity contribution in [2.24, 2.45) is 0 Å². The van der Waals surface area contributed by atoms with Gasteiger partial charge in [-0.25, -0.2) is 0 Å². The molecule has 1 aromatic heterocycles. The highest BCUT2D eigenvalue weighted by Crippen LogP contribution is 2.47. The van der Waals surface area contributed by atoms with E-state index < -0.39 is 0 Å². The highest BCUT2D eigenvalue weighted by Gasteiger charge is 2.21. The summed E-state index contributed by atoms with van der Waals surface area (Å²) in [5, 5.41) is 10.0. The van der Waals surface area contributed by atoms with Gasteiger partial charge in [0.2, 0.25) is 0 Å². The molecule has 0 fully saturated rings. The van der Waals surface area contributed by atoms with Crippen molar-refractivity contribution in [1.82, 2.24) is 4.57 Å². The molecule has 1 heterocycles. The number of hydrogen-bond acceptors (Lipinski definition) is 0. The second kappa shape index (κ2) is 10.6. The molecule has 0 atom stereocenters. The first kappa shape index (κ1) is 26.0. The van der Waals surface area contributed by atoms with Crippen LogP contribution in [0, 0.1) is 0 Å². The molecule has 1 heteroatoms. The Labute approximate surface area is 257 Å². The molecule has 0 saturated carbocycles. The Kier molecular flexibility index (Phi) is 6.24. The normalized spacial score (nSPS) is 12.3. The molecule has 0 aliphatic heterocycles. The van der Waals surface area contributed by atoms with Gasteiger partial charge in [0.25, 0.3) is 0 Å². The minimum absolute atomic E-state index is 1.09. The number of rotatable bonds is 5. The lowest BCUT2D eigenvalue weighted by molar-refractivity contribution is 1.24. The van der Waals surface area contributed by atoms with Crippen LogP contribution in [0.2, 0.25) is 0 Å². The van der Waals surface area contributed by atoms with E-state index in [1.54, 1.807) is 0 Å². The SMILES string of the molecule is C=C/C=C(\C=C/C)n1c2cc3ccccc3cc2c2c(-c3c4ccccc4c(-c4ccccc4)c4ccccc34)cccc21. The molecule has 0 spiro atoms. The molecule has 0 unspecified atom stereocenters. The highest BCUT2D eigenvalue weighted by atomic mass is 15.0. The van der Waals surface area contributed by atoms with E-state index in [2.05, 4.69) is 170 Å². The van der Waals surface area contributed by atoms with Crippen molar-refractivity contribution in [1.29, 1.82) is 0 Å². The minimum Gasteiger partial charge on any atom is -0.309 e. The lowest BCUT2D eigenvalue weighted by Crippen LogP contribution is -1.95. The first-order valence-corrected chi connectivity index (χ1v) is 15.2. The predicted octanol–water partition coefficient (Wildman–Crippen LogP) is 12.2. The minimum atomic E-state index is 1.09. The Morgan fingerprint density at radius 3 is 1.80 bits per heavy atom. The van der Waals surface area contributed by atoms with Crippen molar-refractivity contribution >= 4 is 59.8 Å². The zero-order chi connectivity index (χ0) is 29.6. The average molecular weight is 562 g/mol. The number of benzene rings is 7. The molecular weight excluding hydrogens is 530 g/mol. The fourth-order valence-electron chi connectivity index (χ4n) is 7.07. The van der Waals surface area contributed by atoms with Gasteiger partial charge in [-0.05, 0) is 91.8 Å². The van der Waals surface area contributed by atoms with Crippen LogP contribution >= 0.6 is 0 Å². The van der Waals surface area contributed by atoms with Crippen molar-refractivity contribution < 1.29 is 0 Å². The van der Waals surface area contributed by atoms with Crippen LogP contribution < -0.4 is 0 Å². The third-order valence-corrected chi connectivity index (χ3v) is 8.81. The second-order valence-corrected chi connectivity index (χ2v) is 11.3. The van der Waals surface area contributed by atoms with Crippen molar-refractivity contribution in [2.45, 2.75) is 6.92 Å². The van der Waals surface area contributed by atoms with E-state index in [-0.39, 0.29) is 0 Å². The smallest absolute Gasteiger partial charge is 0.0547 e. The van der Waals surface area contributed by atoms with E-state index >= 15 is 0 Å². The van der Waals surface area contributed by atoms with Gasteiger partial charge in [-0.3, -0.25) is 0 Å². The van der Waals surface area contributed by atoms with Crippen LogP contribution in [0.5, 0.6) is 0 Å². The predicted molar refractivity (Wildman–Crippen MR) is 192 cm³/mol. The van der Waals surface area contributed by atoms with Crippen molar-refractivity contribution in [3.63, 3.8) is 0 Å². The van der Waals surface area contributed by atoms with Crippen LogP contribution in [0.1, 0.15) is 6.92 Å². The summed E-state index contributed by atoms with van der Waals surface area (Å²) >= 11 is 0. The van der Waals surface area contributed by atoms with E-state index in [1.165, 1.54) is 76.4 Å². The highest BCUT2D eigenvalue weighted by molar-refractivity contribution is 6.27. The number of aromatic nitrogens is 1. The zero-order valence-electron chi connectivity index (χ0n) is 24.7. The van der Waals surface area contributed by atoms with E-state index in [1.807, 2.05) is 6.08 Å². The standard InChI is InChI=1S/C43H31N/c1-3-15-32(16-4-2)44-39-26-14-25-37(43(39)38-27-30-19-8-9-20-31(30)28-40(38)44)42-35-23-12-10-21-33(35)41(29-17-6-5-7-18-29)34-22-11-13-24-36(34)42/h3-28H,1H2,2H3/b16-4-,32-15+. The number of fused-ring (bicyclic) bond motifs is 6. The summed E-state index contributed by atoms with van der Waals surface area (Å²) in [6.07, 6.45) is 8.24. The van der Waals surface area contributed by atoms with Gasteiger partial charge in [-0.15, -0.1) is 0 Å². The quantitative estimate of drug-likeness (QED) is 0.145. The van der Waals surface area contributed by atoms with Gasteiger partial charge in [0, 0.05) is 16.5 Å². The third kappa shape index (κ3) is 3.94. The lowest BCUT2D eigenvalue weighted by atomic mass is 9.85. The summed E-state index contributed by atoms with van der Waals surface area (Å²) < 4.78 is 2.39. The van der Waals surface area contributed by atoms with Crippen LogP contribution in [0.15, 0.2) is 164 Å². The molecule has 0 amide bonds. The summed E-state index contributed by atoms with van der Waals surface area (Å²) in [6.45, 7) is 6.11. The second-order valence-electron chi connectivity index (χ2n) is 11.3. The Balaban J connectivity index is 1.59. The molecule has 0 bridgehead atoms. The summed E-state index contributed by atoms with van der Waals surface area (Å²) in [5.41, 5.74) is 8.49. The summed E-state index contributed by atoms with van der Waals surface area (Å²) in [7, 11) is 0. The lowest BCUT2D eigenvalue weighted by Gasteiger charge is -2.18. The number of allylic oxidation sites excluding steroid dienone is 5. The van der Waals surface area contributed by atoms with E-state index in [4.69, 9.17) is 0 Å². The monoisotopic (exact) mass is 561 g/mol. The van der Waals surface area contributed by atoms with Gasteiger partial charge in [-0.2, -0.15) is 0 Å². The molecular formula is C43H31N. The first-order valence-electron chi connectivity index (χ1n) is 15.2. The topological polar surface area (TPSA) is 4.93 Å². The first-order chi connectivity index (χ1) is 21.8. The molecule has 7 aromatic carbocycles. The van der Waals surface area contributed by atoms with Crippen LogP contribution in [0.25, 0.3) is 82.1 Å². The summed E-state index contributed by atoms with van der Waals surface area (Å²) in [5.74, 6) is 0. The van der Waals surface area contributed by atoms with Gasteiger partial charge in [-0.1, -0.05) is 134 Å². The van der Waals surface area contributed by atoms with Gasteiger partial charge in [0.15, 0.2) is 0 Å². The number of nitrogens with zero attached hydrogens (tertiary/aromatic N) is 1. The van der Waals surface area contributed by atoms with E-state index in [0.717, 1.165) is 5.70 Å². The maximum absolute atomic E-state index is 4.05. The van der Waals surface area contributed by atoms with Gasteiger partial charge < -0.3 is 4.57 Å². The zero-order valence-corrected chi connectivity index (χ0v) is 24.7. The largest absolute Gasteiger partial charge is 0.309 e. The molecule has 0 N–H and O–H groups in total. The maximum Gasteiger partial charge on any atom is 0.0547 e. The van der Waals surface area contributed by atoms with Crippen LogP contribution in [-0.4, -0.2) is 4.57 Å². The van der Waals surface area contributed by atoms with Crippen molar-refractivity contribution in [3.05, 3.63) is 164 Å².